The zero-order valence-corrected chi connectivity index (χ0v) is 17.3. The van der Waals surface area contributed by atoms with Crippen LogP contribution < -0.4 is 4.90 Å². The summed E-state index contributed by atoms with van der Waals surface area (Å²) in [5.41, 5.74) is 3.91. The van der Waals surface area contributed by atoms with E-state index in [0.29, 0.717) is 23.0 Å². The first-order valence-corrected chi connectivity index (χ1v) is 9.93. The Labute approximate surface area is 174 Å². The molecule has 148 valence electrons. The Bertz CT molecular complexity index is 1100. The van der Waals surface area contributed by atoms with Gasteiger partial charge in [-0.1, -0.05) is 17.2 Å². The number of pyridine rings is 1. The first-order chi connectivity index (χ1) is 14.0. The van der Waals surface area contributed by atoms with Crippen molar-refractivity contribution in [3.63, 3.8) is 0 Å². The highest BCUT2D eigenvalue weighted by atomic mass is 32.1. The van der Waals surface area contributed by atoms with Gasteiger partial charge in [-0.15, -0.1) is 5.10 Å². The molecular formula is C21H22N6OS. The summed E-state index contributed by atoms with van der Waals surface area (Å²) in [7, 11) is 0. The second-order valence-electron chi connectivity index (χ2n) is 7.31. The molecule has 1 aromatic carbocycles. The molecule has 2 aromatic heterocycles. The van der Waals surface area contributed by atoms with Crippen LogP contribution >= 0.6 is 12.2 Å². The summed E-state index contributed by atoms with van der Waals surface area (Å²) >= 11 is 5.39. The van der Waals surface area contributed by atoms with Crippen molar-refractivity contribution in [2.45, 2.75) is 20.5 Å². The molecule has 3 heterocycles. The number of nitrogens with zero attached hydrogens (tertiary/aromatic N) is 6. The van der Waals surface area contributed by atoms with Gasteiger partial charge in [0, 0.05) is 37.9 Å². The molecule has 1 aliphatic heterocycles. The monoisotopic (exact) mass is 406 g/mol. The number of rotatable bonds is 4. The molecule has 0 aliphatic carbocycles. The van der Waals surface area contributed by atoms with Crippen LogP contribution in [0.3, 0.4) is 0 Å². The van der Waals surface area contributed by atoms with Crippen molar-refractivity contribution in [2.24, 2.45) is 0 Å². The van der Waals surface area contributed by atoms with Gasteiger partial charge in [-0.05, 0) is 50.3 Å². The molecule has 0 spiro atoms. The lowest BCUT2D eigenvalue weighted by molar-refractivity contribution is 0.192. The van der Waals surface area contributed by atoms with Gasteiger partial charge in [0.2, 0.25) is 5.89 Å². The second kappa shape index (κ2) is 8.15. The molecule has 29 heavy (non-hydrogen) atoms. The maximum absolute atomic E-state index is 9.07. The van der Waals surface area contributed by atoms with Crippen LogP contribution in [0.4, 0.5) is 5.82 Å². The van der Waals surface area contributed by atoms with Gasteiger partial charge in [-0.25, -0.2) is 9.67 Å². The molecule has 3 aromatic rings. The highest BCUT2D eigenvalue weighted by Gasteiger charge is 2.20. The SMILES string of the molecule is Cc1cc(C)cc(-c2nn(CN3CCN(c4cc(C#N)ccn4)CC3)c(=S)o2)c1. The van der Waals surface area contributed by atoms with Gasteiger partial charge < -0.3 is 9.32 Å². The third-order valence-corrected chi connectivity index (χ3v) is 5.27. The van der Waals surface area contributed by atoms with Gasteiger partial charge in [0.1, 0.15) is 5.82 Å². The van der Waals surface area contributed by atoms with Crippen LogP contribution in [-0.2, 0) is 6.67 Å². The fourth-order valence-corrected chi connectivity index (χ4v) is 3.76. The first kappa shape index (κ1) is 19.3. The van der Waals surface area contributed by atoms with E-state index in [1.54, 1.807) is 16.9 Å². The predicted octanol–water partition coefficient (Wildman–Crippen LogP) is 3.54. The quantitative estimate of drug-likeness (QED) is 0.614. The van der Waals surface area contributed by atoms with E-state index in [1.165, 1.54) is 11.1 Å². The number of nitriles is 1. The zero-order valence-electron chi connectivity index (χ0n) is 16.5. The van der Waals surface area contributed by atoms with Crippen LogP contribution in [0.15, 0.2) is 40.9 Å². The Kier molecular flexibility index (Phi) is 5.43. The summed E-state index contributed by atoms with van der Waals surface area (Å²) in [5, 5.41) is 13.7. The van der Waals surface area contributed by atoms with E-state index in [-0.39, 0.29) is 0 Å². The summed E-state index contributed by atoms with van der Waals surface area (Å²) in [5.74, 6) is 1.40. The van der Waals surface area contributed by atoms with Crippen molar-refractivity contribution in [1.82, 2.24) is 19.7 Å². The molecular weight excluding hydrogens is 384 g/mol. The second-order valence-corrected chi connectivity index (χ2v) is 7.66. The number of hydrogen-bond donors (Lipinski definition) is 0. The van der Waals surface area contributed by atoms with Crippen LogP contribution in [0.2, 0.25) is 0 Å². The van der Waals surface area contributed by atoms with Crippen molar-refractivity contribution in [1.29, 1.82) is 5.26 Å². The van der Waals surface area contributed by atoms with E-state index in [1.807, 2.05) is 6.07 Å². The summed E-state index contributed by atoms with van der Waals surface area (Å²) in [4.78, 5) is 9.25. The smallest absolute Gasteiger partial charge is 0.288 e. The number of anilines is 1. The van der Waals surface area contributed by atoms with Gasteiger partial charge in [-0.3, -0.25) is 4.90 Å². The van der Waals surface area contributed by atoms with Crippen molar-refractivity contribution in [3.05, 3.63) is 58.1 Å². The van der Waals surface area contributed by atoms with E-state index >= 15 is 0 Å². The Hall–Kier alpha value is -3.02. The topological polar surface area (TPSA) is 74.1 Å². The van der Waals surface area contributed by atoms with Crippen molar-refractivity contribution < 1.29 is 4.42 Å². The van der Waals surface area contributed by atoms with Crippen molar-refractivity contribution in [2.75, 3.05) is 31.1 Å². The fraction of sp³-hybridized carbons (Fsp3) is 0.333. The Morgan fingerprint density at radius 2 is 1.83 bits per heavy atom. The molecule has 0 saturated carbocycles. The normalized spacial score (nSPS) is 14.7. The standard InChI is InChI=1S/C21H22N6OS/c1-15-9-16(2)11-18(10-15)20-24-27(21(29)28-20)14-25-5-7-26(8-6-25)19-12-17(13-22)3-4-23-19/h3-4,9-12H,5-8,14H2,1-2H3. The summed E-state index contributed by atoms with van der Waals surface area (Å²) < 4.78 is 7.50. The highest BCUT2D eigenvalue weighted by Crippen LogP contribution is 2.21. The average Bonchev–Trinajstić information content (AvgIpc) is 3.08. The molecule has 8 heteroatoms. The van der Waals surface area contributed by atoms with Gasteiger partial charge in [0.25, 0.3) is 4.84 Å². The molecule has 0 bridgehead atoms. The Morgan fingerprint density at radius 3 is 2.52 bits per heavy atom. The first-order valence-electron chi connectivity index (χ1n) is 9.52. The maximum atomic E-state index is 9.07. The number of aromatic nitrogens is 3. The highest BCUT2D eigenvalue weighted by molar-refractivity contribution is 7.71. The minimum atomic E-state index is 0.380. The number of benzene rings is 1. The minimum Gasteiger partial charge on any atom is -0.409 e. The zero-order chi connectivity index (χ0) is 20.4. The van der Waals surface area contributed by atoms with Crippen LogP contribution in [-0.4, -0.2) is 45.8 Å². The molecule has 0 atom stereocenters. The van der Waals surface area contributed by atoms with Crippen LogP contribution in [0.5, 0.6) is 0 Å². The predicted molar refractivity (Wildman–Crippen MR) is 113 cm³/mol. The van der Waals surface area contributed by atoms with Gasteiger partial charge in [0.05, 0.1) is 18.3 Å². The lowest BCUT2D eigenvalue weighted by atomic mass is 10.1. The van der Waals surface area contributed by atoms with Crippen molar-refractivity contribution in [3.8, 4) is 17.5 Å². The Balaban J connectivity index is 1.43. The number of hydrogen-bond acceptors (Lipinski definition) is 7. The van der Waals surface area contributed by atoms with E-state index < -0.39 is 0 Å². The molecule has 0 unspecified atom stereocenters. The maximum Gasteiger partial charge on any atom is 0.288 e. The minimum absolute atomic E-state index is 0.380. The number of aryl methyl sites for hydroxylation is 2. The molecule has 1 aliphatic rings. The van der Waals surface area contributed by atoms with E-state index in [0.717, 1.165) is 37.6 Å². The molecule has 0 amide bonds. The lowest BCUT2D eigenvalue weighted by Gasteiger charge is -2.35. The van der Waals surface area contributed by atoms with E-state index in [2.05, 4.69) is 58.0 Å². The fourth-order valence-electron chi connectivity index (χ4n) is 3.58. The van der Waals surface area contributed by atoms with Crippen LogP contribution in [0.1, 0.15) is 16.7 Å². The van der Waals surface area contributed by atoms with Gasteiger partial charge >= 0.3 is 0 Å². The average molecular weight is 407 g/mol. The Morgan fingerprint density at radius 1 is 1.10 bits per heavy atom. The van der Waals surface area contributed by atoms with E-state index in [4.69, 9.17) is 21.9 Å². The molecule has 7 nitrogen and oxygen atoms in total. The van der Waals surface area contributed by atoms with E-state index in [9.17, 15) is 0 Å². The third-order valence-electron chi connectivity index (χ3n) is 4.98. The van der Waals surface area contributed by atoms with Crippen LogP contribution in [0.25, 0.3) is 11.5 Å². The van der Waals surface area contributed by atoms with Gasteiger partial charge in [0.15, 0.2) is 0 Å². The molecule has 0 N–H and O–H groups in total. The summed E-state index contributed by atoms with van der Waals surface area (Å²) in [6.07, 6.45) is 1.68. The summed E-state index contributed by atoms with van der Waals surface area (Å²) in [6.45, 7) is 8.07. The largest absolute Gasteiger partial charge is 0.409 e. The number of piperazine rings is 1. The van der Waals surface area contributed by atoms with Gasteiger partial charge in [-0.2, -0.15) is 5.26 Å². The lowest BCUT2D eigenvalue weighted by Crippen LogP contribution is -2.47. The molecule has 1 fully saturated rings. The molecule has 1 saturated heterocycles. The molecule has 0 radical (unpaired) electrons. The molecule has 4 rings (SSSR count). The van der Waals surface area contributed by atoms with Crippen molar-refractivity contribution >= 4 is 18.0 Å². The third kappa shape index (κ3) is 4.36. The summed E-state index contributed by atoms with van der Waals surface area (Å²) in [6, 6.07) is 12.0. The van der Waals surface area contributed by atoms with Crippen LogP contribution in [0, 0.1) is 30.0 Å².